The second-order valence-corrected chi connectivity index (χ2v) is 4.96. The molecule has 2 N–H and O–H groups in total. The number of rotatable bonds is 7. The first-order valence-corrected chi connectivity index (χ1v) is 7.20. The zero-order valence-corrected chi connectivity index (χ0v) is 11.7. The molecule has 1 aromatic carbocycles. The molecule has 4 nitrogen and oxygen atoms in total. The van der Waals surface area contributed by atoms with Gasteiger partial charge < -0.3 is 4.74 Å². The topological polar surface area (TPSA) is 55.6 Å². The van der Waals surface area contributed by atoms with Gasteiger partial charge in [0.15, 0.2) is 0 Å². The van der Waals surface area contributed by atoms with E-state index in [1.165, 1.54) is 7.11 Å². The van der Waals surface area contributed by atoms with Gasteiger partial charge in [0.2, 0.25) is 0 Å². The molecule has 0 amide bonds. The van der Waals surface area contributed by atoms with Crippen molar-refractivity contribution in [2.45, 2.75) is 19.0 Å². The van der Waals surface area contributed by atoms with Gasteiger partial charge in [-0.05, 0) is 24.0 Å². The minimum Gasteiger partial charge on any atom is -0.468 e. The van der Waals surface area contributed by atoms with Crippen LogP contribution < -0.4 is 5.84 Å². The molecule has 0 saturated carbocycles. The molecular formula is C13H20N2O2S. The summed E-state index contributed by atoms with van der Waals surface area (Å²) in [5.74, 6) is 6.59. The van der Waals surface area contributed by atoms with Crippen molar-refractivity contribution in [2.24, 2.45) is 5.84 Å². The summed E-state index contributed by atoms with van der Waals surface area (Å²) in [6.45, 7) is 0.537. The van der Waals surface area contributed by atoms with E-state index in [0.717, 1.165) is 11.3 Å². The van der Waals surface area contributed by atoms with E-state index < -0.39 is 0 Å². The van der Waals surface area contributed by atoms with Gasteiger partial charge in [0.25, 0.3) is 0 Å². The second kappa shape index (κ2) is 8.13. The van der Waals surface area contributed by atoms with Crippen molar-refractivity contribution in [1.82, 2.24) is 5.01 Å². The first kappa shape index (κ1) is 15.0. The summed E-state index contributed by atoms with van der Waals surface area (Å²) < 4.78 is 4.80. The molecule has 5 heteroatoms. The largest absolute Gasteiger partial charge is 0.468 e. The van der Waals surface area contributed by atoms with E-state index in [9.17, 15) is 4.79 Å². The highest BCUT2D eigenvalue weighted by Gasteiger charge is 2.24. The van der Waals surface area contributed by atoms with Crippen LogP contribution in [-0.4, -0.2) is 36.1 Å². The molecular weight excluding hydrogens is 248 g/mol. The zero-order valence-electron chi connectivity index (χ0n) is 10.8. The Balaban J connectivity index is 2.63. The molecule has 0 aliphatic rings. The van der Waals surface area contributed by atoms with Crippen LogP contribution in [0.2, 0.25) is 0 Å². The third kappa shape index (κ3) is 4.68. The third-order valence-corrected chi connectivity index (χ3v) is 3.32. The Morgan fingerprint density at radius 3 is 2.67 bits per heavy atom. The molecule has 0 fully saturated rings. The monoisotopic (exact) mass is 268 g/mol. The van der Waals surface area contributed by atoms with Gasteiger partial charge >= 0.3 is 5.97 Å². The summed E-state index contributed by atoms with van der Waals surface area (Å²) >= 11 is 1.69. The maximum absolute atomic E-state index is 11.7. The molecule has 0 saturated heterocycles. The highest BCUT2D eigenvalue weighted by molar-refractivity contribution is 7.98. The predicted octanol–water partition coefficient (Wildman–Crippen LogP) is 1.66. The third-order valence-electron chi connectivity index (χ3n) is 2.68. The van der Waals surface area contributed by atoms with E-state index >= 15 is 0 Å². The number of hydrogen-bond donors (Lipinski definition) is 1. The number of hydrazine groups is 1. The number of esters is 1. The molecule has 1 atom stereocenters. The second-order valence-electron chi connectivity index (χ2n) is 3.98. The molecule has 0 bridgehead atoms. The molecule has 100 valence electrons. The number of carbonyl (C=O) groups excluding carboxylic acids is 1. The molecule has 0 spiro atoms. The van der Waals surface area contributed by atoms with Crippen molar-refractivity contribution >= 4 is 17.7 Å². The van der Waals surface area contributed by atoms with Crippen LogP contribution in [0.25, 0.3) is 0 Å². The molecule has 1 aromatic rings. The van der Waals surface area contributed by atoms with Crippen LogP contribution in [0.3, 0.4) is 0 Å². The average molecular weight is 268 g/mol. The summed E-state index contributed by atoms with van der Waals surface area (Å²) in [4.78, 5) is 11.7. The lowest BCUT2D eigenvalue weighted by molar-refractivity contribution is -0.147. The first-order chi connectivity index (χ1) is 8.69. The number of thioether (sulfide) groups is 1. The predicted molar refractivity (Wildman–Crippen MR) is 75.0 cm³/mol. The fourth-order valence-corrected chi connectivity index (χ4v) is 2.15. The fraction of sp³-hybridized carbons (Fsp3) is 0.462. The zero-order chi connectivity index (χ0) is 13.4. The van der Waals surface area contributed by atoms with Crippen LogP contribution in [0.5, 0.6) is 0 Å². The van der Waals surface area contributed by atoms with Crippen molar-refractivity contribution in [2.75, 3.05) is 19.1 Å². The fourth-order valence-electron chi connectivity index (χ4n) is 1.69. The minimum atomic E-state index is -0.386. The SMILES string of the molecule is COC(=O)[C@H](CCSC)N(N)Cc1ccccc1. The number of nitrogens with two attached hydrogens (primary N) is 1. The van der Waals surface area contributed by atoms with Crippen LogP contribution in [0.1, 0.15) is 12.0 Å². The lowest BCUT2D eigenvalue weighted by Crippen LogP contribution is -2.46. The van der Waals surface area contributed by atoms with E-state index in [-0.39, 0.29) is 12.0 Å². The summed E-state index contributed by atoms with van der Waals surface area (Å²) in [5, 5.41) is 1.55. The Morgan fingerprint density at radius 1 is 1.44 bits per heavy atom. The van der Waals surface area contributed by atoms with Crippen LogP contribution in [0, 0.1) is 0 Å². The molecule has 0 unspecified atom stereocenters. The van der Waals surface area contributed by atoms with Gasteiger partial charge in [-0.3, -0.25) is 10.6 Å². The van der Waals surface area contributed by atoms with Crippen LogP contribution >= 0.6 is 11.8 Å². The number of methoxy groups -OCH3 is 1. The Hall–Kier alpha value is -1.04. The van der Waals surface area contributed by atoms with Gasteiger partial charge in [-0.1, -0.05) is 30.3 Å². The summed E-state index contributed by atoms with van der Waals surface area (Å²) in [6, 6.07) is 9.46. The van der Waals surface area contributed by atoms with Crippen molar-refractivity contribution in [3.63, 3.8) is 0 Å². The molecule has 1 rings (SSSR count). The molecule has 0 radical (unpaired) electrons. The quantitative estimate of drug-likeness (QED) is 0.463. The van der Waals surface area contributed by atoms with Crippen molar-refractivity contribution in [3.8, 4) is 0 Å². The Morgan fingerprint density at radius 2 is 2.11 bits per heavy atom. The average Bonchev–Trinajstić information content (AvgIpc) is 2.40. The highest BCUT2D eigenvalue weighted by Crippen LogP contribution is 2.10. The van der Waals surface area contributed by atoms with Crippen LogP contribution in [-0.2, 0) is 16.1 Å². The van der Waals surface area contributed by atoms with Crippen molar-refractivity contribution in [3.05, 3.63) is 35.9 Å². The van der Waals surface area contributed by atoms with E-state index in [1.807, 2.05) is 36.6 Å². The number of ether oxygens (including phenoxy) is 1. The smallest absolute Gasteiger partial charge is 0.324 e. The molecule has 0 heterocycles. The normalized spacial score (nSPS) is 12.4. The minimum absolute atomic E-state index is 0.275. The standard InChI is InChI=1S/C13H20N2O2S/c1-17-13(16)12(8-9-18-2)15(14)10-11-6-4-3-5-7-11/h3-7,12H,8-10,14H2,1-2H3/t12-/m0/s1. The van der Waals surface area contributed by atoms with Crippen LogP contribution in [0.15, 0.2) is 30.3 Å². The first-order valence-electron chi connectivity index (χ1n) is 5.81. The van der Waals surface area contributed by atoms with Gasteiger partial charge in [-0.15, -0.1) is 0 Å². The summed E-state index contributed by atoms with van der Waals surface area (Å²) in [5.41, 5.74) is 1.08. The Labute approximate surface area is 112 Å². The van der Waals surface area contributed by atoms with Crippen molar-refractivity contribution < 1.29 is 9.53 Å². The molecule has 0 aliphatic carbocycles. The van der Waals surface area contributed by atoms with Gasteiger partial charge in [-0.25, -0.2) is 5.01 Å². The van der Waals surface area contributed by atoms with Gasteiger partial charge in [0.1, 0.15) is 6.04 Å². The highest BCUT2D eigenvalue weighted by atomic mass is 32.2. The lowest BCUT2D eigenvalue weighted by Gasteiger charge is -2.25. The maximum Gasteiger partial charge on any atom is 0.324 e. The van der Waals surface area contributed by atoms with Crippen LogP contribution in [0.4, 0.5) is 0 Å². The Kier molecular flexibility index (Phi) is 6.78. The van der Waals surface area contributed by atoms with Crippen molar-refractivity contribution in [1.29, 1.82) is 0 Å². The summed E-state index contributed by atoms with van der Waals surface area (Å²) in [7, 11) is 1.39. The number of carbonyl (C=O) groups is 1. The lowest BCUT2D eigenvalue weighted by atomic mass is 10.1. The van der Waals surface area contributed by atoms with E-state index in [0.29, 0.717) is 13.0 Å². The number of nitrogens with zero attached hydrogens (tertiary/aromatic N) is 1. The van der Waals surface area contributed by atoms with Gasteiger partial charge in [0.05, 0.1) is 7.11 Å². The van der Waals surface area contributed by atoms with E-state index in [2.05, 4.69) is 0 Å². The van der Waals surface area contributed by atoms with Gasteiger partial charge in [-0.2, -0.15) is 11.8 Å². The summed E-state index contributed by atoms with van der Waals surface area (Å²) in [6.07, 6.45) is 2.70. The van der Waals surface area contributed by atoms with E-state index in [4.69, 9.17) is 10.6 Å². The number of hydrogen-bond acceptors (Lipinski definition) is 5. The maximum atomic E-state index is 11.7. The molecule has 0 aromatic heterocycles. The van der Waals surface area contributed by atoms with E-state index in [1.54, 1.807) is 16.8 Å². The van der Waals surface area contributed by atoms with Gasteiger partial charge in [0, 0.05) is 6.54 Å². The molecule has 18 heavy (non-hydrogen) atoms. The Bertz CT molecular complexity index is 359. The number of benzene rings is 1. The molecule has 0 aliphatic heterocycles.